The van der Waals surface area contributed by atoms with Gasteiger partial charge in [-0.05, 0) is 43.7 Å². The van der Waals surface area contributed by atoms with Crippen LogP contribution in [0.15, 0.2) is 35.1 Å². The maximum atomic E-state index is 5.85. The van der Waals surface area contributed by atoms with Crippen molar-refractivity contribution in [2.45, 2.75) is 19.9 Å². The van der Waals surface area contributed by atoms with Crippen LogP contribution in [0.3, 0.4) is 0 Å². The predicted molar refractivity (Wildman–Crippen MR) is 79.4 cm³/mol. The van der Waals surface area contributed by atoms with Crippen LogP contribution in [0.2, 0.25) is 0 Å². The number of nitrogens with zero attached hydrogens (tertiary/aromatic N) is 2. The van der Waals surface area contributed by atoms with Crippen molar-refractivity contribution in [1.29, 1.82) is 0 Å². The number of rotatable bonds is 6. The zero-order valence-electron chi connectivity index (χ0n) is 11.0. The van der Waals surface area contributed by atoms with Gasteiger partial charge in [0.05, 0.1) is 6.54 Å². The summed E-state index contributed by atoms with van der Waals surface area (Å²) in [5, 5.41) is 0. The number of benzene rings is 1. The largest absolute Gasteiger partial charge is 0.491 e. The summed E-state index contributed by atoms with van der Waals surface area (Å²) in [6, 6.07) is 6.03. The molecule has 0 fully saturated rings. The first-order valence-corrected chi connectivity index (χ1v) is 7.09. The van der Waals surface area contributed by atoms with Crippen LogP contribution >= 0.6 is 15.9 Å². The first kappa shape index (κ1) is 14.1. The molecule has 4 nitrogen and oxygen atoms in total. The number of imidazole rings is 1. The number of halogens is 1. The zero-order valence-corrected chi connectivity index (χ0v) is 12.6. The number of nitrogens with two attached hydrogens (primary N) is 1. The monoisotopic (exact) mass is 323 g/mol. The molecule has 0 radical (unpaired) electrons. The summed E-state index contributed by atoms with van der Waals surface area (Å²) in [5.74, 6) is 1.91. The maximum Gasteiger partial charge on any atom is 0.122 e. The van der Waals surface area contributed by atoms with E-state index in [4.69, 9.17) is 10.5 Å². The second kappa shape index (κ2) is 6.73. The molecular formula is C14H18BrN3O. The van der Waals surface area contributed by atoms with Crippen LogP contribution in [-0.2, 0) is 13.0 Å². The van der Waals surface area contributed by atoms with Gasteiger partial charge in [-0.1, -0.05) is 15.9 Å². The van der Waals surface area contributed by atoms with E-state index in [0.717, 1.165) is 34.6 Å². The first-order valence-electron chi connectivity index (χ1n) is 6.29. The molecule has 0 aliphatic carbocycles. The van der Waals surface area contributed by atoms with Crippen molar-refractivity contribution >= 4 is 15.9 Å². The topological polar surface area (TPSA) is 53.1 Å². The molecule has 0 aliphatic heterocycles. The number of hydrogen-bond donors (Lipinski definition) is 1. The summed E-state index contributed by atoms with van der Waals surface area (Å²) in [6.07, 6.45) is 4.58. The Hall–Kier alpha value is -1.33. The summed E-state index contributed by atoms with van der Waals surface area (Å²) in [7, 11) is 0. The molecule has 0 amide bonds. The number of hydrogen-bond acceptors (Lipinski definition) is 3. The van der Waals surface area contributed by atoms with E-state index in [2.05, 4.69) is 31.5 Å². The van der Waals surface area contributed by atoms with Crippen LogP contribution in [0.1, 0.15) is 11.4 Å². The van der Waals surface area contributed by atoms with Crippen molar-refractivity contribution in [2.24, 2.45) is 5.73 Å². The van der Waals surface area contributed by atoms with E-state index in [1.165, 1.54) is 0 Å². The fourth-order valence-electron chi connectivity index (χ4n) is 1.93. The molecule has 0 aliphatic rings. The molecule has 0 atom stereocenters. The van der Waals surface area contributed by atoms with Gasteiger partial charge in [0.25, 0.3) is 0 Å². The molecule has 1 heterocycles. The van der Waals surface area contributed by atoms with Gasteiger partial charge in [0.2, 0.25) is 0 Å². The average molecular weight is 324 g/mol. The third kappa shape index (κ3) is 3.81. The summed E-state index contributed by atoms with van der Waals surface area (Å²) in [6.45, 7) is 4.02. The van der Waals surface area contributed by atoms with Crippen LogP contribution in [-0.4, -0.2) is 22.7 Å². The van der Waals surface area contributed by atoms with Crippen LogP contribution in [0.5, 0.6) is 5.75 Å². The Balaban J connectivity index is 1.97. The Bertz CT molecular complexity index is 539. The van der Waals surface area contributed by atoms with E-state index in [1.54, 1.807) is 6.20 Å². The number of aryl methyl sites for hydroxylation is 1. The zero-order chi connectivity index (χ0) is 13.7. The van der Waals surface area contributed by atoms with Crippen molar-refractivity contribution in [3.8, 4) is 5.75 Å². The lowest BCUT2D eigenvalue weighted by Crippen LogP contribution is -2.11. The SMILES string of the molecule is Cc1nccn1CCOc1ccc(Br)cc1CCN. The lowest BCUT2D eigenvalue weighted by molar-refractivity contribution is 0.294. The highest BCUT2D eigenvalue weighted by molar-refractivity contribution is 9.10. The fraction of sp³-hybridized carbons (Fsp3) is 0.357. The Morgan fingerprint density at radius 3 is 2.95 bits per heavy atom. The lowest BCUT2D eigenvalue weighted by Gasteiger charge is -2.12. The van der Waals surface area contributed by atoms with E-state index in [0.29, 0.717) is 13.2 Å². The van der Waals surface area contributed by atoms with E-state index in [1.807, 2.05) is 25.3 Å². The molecule has 19 heavy (non-hydrogen) atoms. The Labute approximate surface area is 121 Å². The van der Waals surface area contributed by atoms with E-state index in [-0.39, 0.29) is 0 Å². The van der Waals surface area contributed by atoms with Crippen LogP contribution in [0.4, 0.5) is 0 Å². The Morgan fingerprint density at radius 2 is 2.26 bits per heavy atom. The minimum absolute atomic E-state index is 0.618. The molecule has 0 unspecified atom stereocenters. The second-order valence-corrected chi connectivity index (χ2v) is 5.22. The quantitative estimate of drug-likeness (QED) is 0.888. The van der Waals surface area contributed by atoms with Crippen molar-refractivity contribution in [3.05, 3.63) is 46.5 Å². The molecule has 1 aromatic heterocycles. The van der Waals surface area contributed by atoms with Crippen LogP contribution < -0.4 is 10.5 Å². The summed E-state index contributed by atoms with van der Waals surface area (Å²) < 4.78 is 8.97. The summed E-state index contributed by atoms with van der Waals surface area (Å²) >= 11 is 3.47. The molecule has 0 spiro atoms. The molecule has 2 N–H and O–H groups in total. The second-order valence-electron chi connectivity index (χ2n) is 4.31. The van der Waals surface area contributed by atoms with Gasteiger partial charge in [0, 0.05) is 16.9 Å². The van der Waals surface area contributed by atoms with Crippen molar-refractivity contribution < 1.29 is 4.74 Å². The average Bonchev–Trinajstić information content (AvgIpc) is 2.78. The van der Waals surface area contributed by atoms with E-state index in [9.17, 15) is 0 Å². The van der Waals surface area contributed by atoms with Crippen molar-refractivity contribution in [3.63, 3.8) is 0 Å². The van der Waals surface area contributed by atoms with E-state index < -0.39 is 0 Å². The molecule has 0 bridgehead atoms. The van der Waals surface area contributed by atoms with Crippen molar-refractivity contribution in [1.82, 2.24) is 9.55 Å². The highest BCUT2D eigenvalue weighted by Gasteiger charge is 2.04. The lowest BCUT2D eigenvalue weighted by atomic mass is 10.1. The minimum Gasteiger partial charge on any atom is -0.491 e. The standard InChI is InChI=1S/C14H18BrN3O/c1-11-17-6-7-18(11)8-9-19-14-3-2-13(15)10-12(14)4-5-16/h2-3,6-7,10H,4-5,8-9,16H2,1H3. The smallest absolute Gasteiger partial charge is 0.122 e. The first-order chi connectivity index (χ1) is 9.20. The Morgan fingerprint density at radius 1 is 1.42 bits per heavy atom. The number of aromatic nitrogens is 2. The highest BCUT2D eigenvalue weighted by atomic mass is 79.9. The third-order valence-corrected chi connectivity index (χ3v) is 3.44. The van der Waals surface area contributed by atoms with Crippen molar-refractivity contribution in [2.75, 3.05) is 13.2 Å². The highest BCUT2D eigenvalue weighted by Crippen LogP contribution is 2.23. The van der Waals surface area contributed by atoms with Crippen LogP contribution in [0, 0.1) is 6.92 Å². The fourth-order valence-corrected chi connectivity index (χ4v) is 2.34. The molecule has 0 saturated heterocycles. The number of ether oxygens (including phenoxy) is 1. The minimum atomic E-state index is 0.618. The predicted octanol–water partition coefficient (Wildman–Crippen LogP) is 2.53. The molecule has 0 saturated carbocycles. The van der Waals surface area contributed by atoms with Gasteiger partial charge < -0.3 is 15.0 Å². The van der Waals surface area contributed by atoms with Gasteiger partial charge >= 0.3 is 0 Å². The van der Waals surface area contributed by atoms with Gasteiger partial charge in [-0.3, -0.25) is 0 Å². The molecule has 2 aromatic rings. The molecule has 2 rings (SSSR count). The molecule has 102 valence electrons. The van der Waals surface area contributed by atoms with Gasteiger partial charge in [-0.15, -0.1) is 0 Å². The van der Waals surface area contributed by atoms with Gasteiger partial charge in [-0.25, -0.2) is 4.98 Å². The van der Waals surface area contributed by atoms with Gasteiger partial charge in [-0.2, -0.15) is 0 Å². The van der Waals surface area contributed by atoms with Crippen LogP contribution in [0.25, 0.3) is 0 Å². The van der Waals surface area contributed by atoms with Gasteiger partial charge in [0.1, 0.15) is 18.2 Å². The summed E-state index contributed by atoms with van der Waals surface area (Å²) in [5.41, 5.74) is 6.76. The summed E-state index contributed by atoms with van der Waals surface area (Å²) in [4.78, 5) is 4.19. The Kier molecular flexibility index (Phi) is 4.99. The molecule has 5 heteroatoms. The van der Waals surface area contributed by atoms with E-state index >= 15 is 0 Å². The maximum absolute atomic E-state index is 5.85. The van der Waals surface area contributed by atoms with Gasteiger partial charge in [0.15, 0.2) is 0 Å². The normalized spacial score (nSPS) is 10.7. The third-order valence-electron chi connectivity index (χ3n) is 2.95. The molecule has 1 aromatic carbocycles. The molecular weight excluding hydrogens is 306 g/mol.